The molecular formula is C28H25N7S. The molecule has 0 radical (unpaired) electrons. The van der Waals surface area contributed by atoms with Gasteiger partial charge in [-0.3, -0.25) is 15.1 Å². The Hall–Kier alpha value is -4.30. The fraction of sp³-hybridized carbons (Fsp3) is 0.143. The summed E-state index contributed by atoms with van der Waals surface area (Å²) in [5.74, 6) is 0.715. The zero-order chi connectivity index (χ0) is 24.9. The van der Waals surface area contributed by atoms with Gasteiger partial charge in [-0.1, -0.05) is 45.5 Å². The van der Waals surface area contributed by atoms with E-state index < -0.39 is 0 Å². The van der Waals surface area contributed by atoms with Gasteiger partial charge < -0.3 is 10.3 Å². The Morgan fingerprint density at radius 2 is 1.92 bits per heavy atom. The molecule has 5 heterocycles. The van der Waals surface area contributed by atoms with Gasteiger partial charge in [0.2, 0.25) is 0 Å². The van der Waals surface area contributed by atoms with Crippen molar-refractivity contribution in [2.45, 2.75) is 20.8 Å². The first-order chi connectivity index (χ1) is 17.4. The first kappa shape index (κ1) is 22.2. The molecule has 178 valence electrons. The minimum absolute atomic E-state index is 0.0607. The average Bonchev–Trinajstić information content (AvgIpc) is 3.62. The maximum atomic E-state index is 4.95. The van der Waals surface area contributed by atoms with E-state index >= 15 is 0 Å². The molecule has 0 spiro atoms. The number of benzene rings is 1. The fourth-order valence-electron chi connectivity index (χ4n) is 4.04. The lowest BCUT2D eigenvalue weighted by molar-refractivity contribution is 0.509. The van der Waals surface area contributed by atoms with E-state index in [-0.39, 0.29) is 5.41 Å². The summed E-state index contributed by atoms with van der Waals surface area (Å²) in [4.78, 5) is 18.7. The van der Waals surface area contributed by atoms with Crippen LogP contribution in [0.1, 0.15) is 20.8 Å². The number of imidazole rings is 1. The van der Waals surface area contributed by atoms with E-state index in [1.54, 1.807) is 23.7 Å². The highest BCUT2D eigenvalue weighted by atomic mass is 32.1. The summed E-state index contributed by atoms with van der Waals surface area (Å²) >= 11 is 1.71. The van der Waals surface area contributed by atoms with Gasteiger partial charge in [0.15, 0.2) is 5.82 Å². The number of H-pyrrole nitrogens is 2. The molecule has 6 aromatic rings. The highest BCUT2D eigenvalue weighted by Crippen LogP contribution is 2.34. The largest absolute Gasteiger partial charge is 0.358 e. The van der Waals surface area contributed by atoms with Crippen molar-refractivity contribution in [3.05, 3.63) is 78.7 Å². The number of anilines is 1. The molecule has 0 aliphatic rings. The minimum atomic E-state index is -0.0607. The van der Waals surface area contributed by atoms with Crippen molar-refractivity contribution in [3.8, 4) is 33.2 Å². The number of hydrogen-bond acceptors (Lipinski definition) is 6. The summed E-state index contributed by atoms with van der Waals surface area (Å²) in [7, 11) is 0. The second-order valence-corrected chi connectivity index (χ2v) is 10.7. The van der Waals surface area contributed by atoms with Crippen LogP contribution in [-0.2, 0) is 0 Å². The molecule has 0 amide bonds. The predicted octanol–water partition coefficient (Wildman–Crippen LogP) is 7.26. The first-order valence-corrected chi connectivity index (χ1v) is 12.5. The molecule has 7 nitrogen and oxygen atoms in total. The smallest absolute Gasteiger partial charge is 0.159 e. The molecule has 0 bridgehead atoms. The molecule has 0 saturated heterocycles. The molecule has 6 rings (SSSR count). The zero-order valence-electron chi connectivity index (χ0n) is 20.3. The van der Waals surface area contributed by atoms with E-state index in [1.165, 1.54) is 4.88 Å². The van der Waals surface area contributed by atoms with Gasteiger partial charge in [0.05, 0.1) is 40.3 Å². The molecule has 8 heteroatoms. The second-order valence-electron chi connectivity index (χ2n) is 9.77. The molecule has 0 atom stereocenters. The molecule has 0 saturated carbocycles. The Kier molecular flexibility index (Phi) is 5.19. The number of para-hydroxylation sites is 1. The topological polar surface area (TPSA) is 95.2 Å². The molecule has 0 fully saturated rings. The summed E-state index contributed by atoms with van der Waals surface area (Å²) in [6.45, 7) is 10.5. The third kappa shape index (κ3) is 3.95. The number of aromatic amines is 2. The molecular weight excluding hydrogens is 466 g/mol. The molecule has 1 aromatic carbocycles. The lowest BCUT2D eigenvalue weighted by Gasteiger charge is -2.23. The van der Waals surface area contributed by atoms with Crippen molar-refractivity contribution in [3.63, 3.8) is 0 Å². The monoisotopic (exact) mass is 491 g/mol. The maximum Gasteiger partial charge on any atom is 0.159 e. The van der Waals surface area contributed by atoms with Gasteiger partial charge in [0, 0.05) is 38.7 Å². The van der Waals surface area contributed by atoms with Gasteiger partial charge >= 0.3 is 0 Å². The number of aromatic nitrogens is 6. The number of allylic oxidation sites excluding steroid dienone is 1. The Labute approximate surface area is 212 Å². The number of nitrogens with one attached hydrogen (secondary N) is 3. The van der Waals surface area contributed by atoms with Gasteiger partial charge in [-0.25, -0.2) is 4.98 Å². The third-order valence-electron chi connectivity index (χ3n) is 6.21. The zero-order valence-corrected chi connectivity index (χ0v) is 21.1. The predicted molar refractivity (Wildman–Crippen MR) is 148 cm³/mol. The molecule has 0 aliphatic carbocycles. The third-order valence-corrected chi connectivity index (χ3v) is 7.11. The normalized spacial score (nSPS) is 11.9. The molecule has 0 aliphatic heterocycles. The van der Waals surface area contributed by atoms with Crippen LogP contribution in [0.25, 0.3) is 55.2 Å². The Morgan fingerprint density at radius 3 is 2.72 bits per heavy atom. The van der Waals surface area contributed by atoms with Crippen LogP contribution in [-0.4, -0.2) is 30.1 Å². The number of nitrogens with zero attached hydrogens (tertiary/aromatic N) is 4. The average molecular weight is 492 g/mol. The lowest BCUT2D eigenvalue weighted by atomic mass is 9.93. The summed E-state index contributed by atoms with van der Waals surface area (Å²) in [5.41, 5.74) is 8.06. The van der Waals surface area contributed by atoms with Crippen LogP contribution in [0.2, 0.25) is 0 Å². The molecule has 0 unspecified atom stereocenters. The van der Waals surface area contributed by atoms with E-state index in [0.717, 1.165) is 55.8 Å². The van der Waals surface area contributed by atoms with Gasteiger partial charge in [-0.05, 0) is 29.6 Å². The van der Waals surface area contributed by atoms with Crippen molar-refractivity contribution in [2.24, 2.45) is 5.41 Å². The van der Waals surface area contributed by atoms with Gasteiger partial charge in [0.1, 0.15) is 5.69 Å². The van der Waals surface area contributed by atoms with Crippen molar-refractivity contribution < 1.29 is 0 Å². The molecule has 5 aromatic heterocycles. The molecule has 3 N–H and O–H groups in total. The highest BCUT2D eigenvalue weighted by Gasteiger charge is 2.18. The lowest BCUT2D eigenvalue weighted by Crippen LogP contribution is -2.15. The van der Waals surface area contributed by atoms with E-state index in [2.05, 4.69) is 81.4 Å². The number of thiophene rings is 1. The summed E-state index contributed by atoms with van der Waals surface area (Å²) in [5, 5.41) is 14.1. The number of pyridine rings is 2. The van der Waals surface area contributed by atoms with Crippen molar-refractivity contribution >= 4 is 39.0 Å². The Morgan fingerprint density at radius 1 is 1.03 bits per heavy atom. The van der Waals surface area contributed by atoms with E-state index in [4.69, 9.17) is 4.98 Å². The Bertz CT molecular complexity index is 1720. The van der Waals surface area contributed by atoms with Crippen molar-refractivity contribution in [1.82, 2.24) is 30.1 Å². The van der Waals surface area contributed by atoms with E-state index in [1.807, 2.05) is 30.5 Å². The van der Waals surface area contributed by atoms with Crippen LogP contribution >= 0.6 is 11.3 Å². The SMILES string of the molecule is C=C(Nc1cncc(-c2cc3c(-c4nc5c(-c6cccs6)cccc5[nH]4)n[nH]c3cn2)c1)C(C)(C)C. The van der Waals surface area contributed by atoms with Gasteiger partial charge in [0.25, 0.3) is 0 Å². The number of rotatable bonds is 5. The van der Waals surface area contributed by atoms with Crippen LogP contribution in [0.5, 0.6) is 0 Å². The van der Waals surface area contributed by atoms with Crippen LogP contribution < -0.4 is 5.32 Å². The first-order valence-electron chi connectivity index (χ1n) is 11.7. The van der Waals surface area contributed by atoms with Crippen LogP contribution in [0, 0.1) is 5.41 Å². The van der Waals surface area contributed by atoms with E-state index in [0.29, 0.717) is 5.82 Å². The van der Waals surface area contributed by atoms with Crippen LogP contribution in [0.4, 0.5) is 5.69 Å². The fourth-order valence-corrected chi connectivity index (χ4v) is 4.79. The molecule has 36 heavy (non-hydrogen) atoms. The number of fused-ring (bicyclic) bond motifs is 2. The van der Waals surface area contributed by atoms with Gasteiger partial charge in [-0.15, -0.1) is 11.3 Å². The highest BCUT2D eigenvalue weighted by molar-refractivity contribution is 7.13. The van der Waals surface area contributed by atoms with Crippen LogP contribution in [0.15, 0.2) is 78.7 Å². The van der Waals surface area contributed by atoms with Gasteiger partial charge in [-0.2, -0.15) is 5.10 Å². The van der Waals surface area contributed by atoms with Crippen molar-refractivity contribution in [2.75, 3.05) is 5.32 Å². The number of hydrogen-bond donors (Lipinski definition) is 3. The summed E-state index contributed by atoms with van der Waals surface area (Å²) < 4.78 is 0. The van der Waals surface area contributed by atoms with Crippen molar-refractivity contribution in [1.29, 1.82) is 0 Å². The van der Waals surface area contributed by atoms with Crippen LogP contribution in [0.3, 0.4) is 0 Å². The maximum absolute atomic E-state index is 4.95. The van der Waals surface area contributed by atoms with E-state index in [9.17, 15) is 0 Å². The summed E-state index contributed by atoms with van der Waals surface area (Å²) in [6.07, 6.45) is 5.41. The second kappa shape index (κ2) is 8.42. The quantitative estimate of drug-likeness (QED) is 0.236. The standard InChI is InChI=1S/C28H25N7S/c1-16(28(2,3)4)31-18-11-17(13-29-14-18)22-12-20-23(15-30-22)34-35-26(20)27-32-21-8-5-7-19(25(21)33-27)24-9-6-10-36-24/h5-15,31H,1H2,2-4H3,(H,32,33)(H,34,35). The minimum Gasteiger partial charge on any atom is -0.358 e. The summed E-state index contributed by atoms with van der Waals surface area (Å²) in [6, 6.07) is 14.4. The Balaban J connectivity index is 1.40.